The molecule has 5 nitrogen and oxygen atoms in total. The Labute approximate surface area is 166 Å². The van der Waals surface area contributed by atoms with E-state index in [9.17, 15) is 4.79 Å². The summed E-state index contributed by atoms with van der Waals surface area (Å²) in [4.78, 5) is 17.7. The zero-order valence-electron chi connectivity index (χ0n) is 14.5. The van der Waals surface area contributed by atoms with E-state index in [0.717, 1.165) is 42.5 Å². The van der Waals surface area contributed by atoms with Gasteiger partial charge in [-0.25, -0.2) is 0 Å². The molecule has 1 N–H and O–H groups in total. The van der Waals surface area contributed by atoms with Crippen molar-refractivity contribution in [3.8, 4) is 0 Å². The molecular weight excluding hydrogens is 441 g/mol. The molecular formula is C17H27ClIN3O2. The topological polar surface area (TPSA) is 53.9 Å². The monoisotopic (exact) mass is 467 g/mol. The normalized spacial score (nSPS) is 10.8. The first kappa shape index (κ1) is 23.0. The molecule has 0 amide bonds. The molecule has 24 heavy (non-hydrogen) atoms. The van der Waals surface area contributed by atoms with Crippen molar-refractivity contribution in [3.05, 3.63) is 34.9 Å². The molecule has 0 bridgehead atoms. The van der Waals surface area contributed by atoms with E-state index in [4.69, 9.17) is 11.6 Å². The van der Waals surface area contributed by atoms with Gasteiger partial charge in [-0.2, -0.15) is 0 Å². The number of halogens is 2. The first-order chi connectivity index (χ1) is 11.1. The Morgan fingerprint density at radius 2 is 2.12 bits per heavy atom. The number of aliphatic imine (C=N–C) groups is 1. The average Bonchev–Trinajstić information content (AvgIpc) is 2.53. The van der Waals surface area contributed by atoms with Crippen LogP contribution in [-0.4, -0.2) is 44.1 Å². The molecule has 1 rings (SSSR count). The molecule has 136 valence electrons. The highest BCUT2D eigenvalue weighted by atomic mass is 127. The fraction of sp³-hybridized carbons (Fsp3) is 0.529. The van der Waals surface area contributed by atoms with E-state index in [1.165, 1.54) is 7.11 Å². The summed E-state index contributed by atoms with van der Waals surface area (Å²) < 4.78 is 4.62. The second-order valence-electron chi connectivity index (χ2n) is 5.25. The number of carbonyl (C=O) groups is 1. The van der Waals surface area contributed by atoms with Gasteiger partial charge in [-0.05, 0) is 37.5 Å². The number of guanidine groups is 1. The second-order valence-corrected chi connectivity index (χ2v) is 5.69. The molecule has 0 aliphatic rings. The van der Waals surface area contributed by atoms with Gasteiger partial charge in [-0.1, -0.05) is 23.7 Å². The van der Waals surface area contributed by atoms with E-state index in [2.05, 4.69) is 19.9 Å². The molecule has 1 aromatic rings. The van der Waals surface area contributed by atoms with Gasteiger partial charge in [0, 0.05) is 38.1 Å². The minimum absolute atomic E-state index is 0. The molecule has 0 radical (unpaired) electrons. The van der Waals surface area contributed by atoms with Gasteiger partial charge in [0.05, 0.1) is 7.11 Å². The van der Waals surface area contributed by atoms with Crippen molar-refractivity contribution >= 4 is 47.5 Å². The molecule has 0 saturated carbocycles. The standard InChI is InChI=1S/C17H26ClN3O2.HI/c1-4-19-17(20-11-6-5-10-16(22)23-3)21(2)13-14-8-7-9-15(18)12-14;/h7-9,12H,4-6,10-11,13H2,1-3H3,(H,19,20);1H. The molecule has 0 fully saturated rings. The Balaban J connectivity index is 0.00000529. The molecule has 0 saturated heterocycles. The number of unbranched alkanes of at least 4 members (excludes halogenated alkanes) is 1. The van der Waals surface area contributed by atoms with Crippen LogP contribution in [0.4, 0.5) is 0 Å². The lowest BCUT2D eigenvalue weighted by molar-refractivity contribution is -0.140. The molecule has 7 heteroatoms. The summed E-state index contributed by atoms with van der Waals surface area (Å²) in [6, 6.07) is 7.81. The van der Waals surface area contributed by atoms with Crippen molar-refractivity contribution in [2.24, 2.45) is 4.99 Å². The number of nitrogens with one attached hydrogen (secondary N) is 1. The zero-order valence-corrected chi connectivity index (χ0v) is 17.6. The summed E-state index contributed by atoms with van der Waals surface area (Å²) in [6.07, 6.45) is 2.09. The predicted octanol–water partition coefficient (Wildman–Crippen LogP) is 3.70. The highest BCUT2D eigenvalue weighted by Gasteiger charge is 2.07. The largest absolute Gasteiger partial charge is 0.469 e. The van der Waals surface area contributed by atoms with Gasteiger partial charge in [0.2, 0.25) is 0 Å². The Hall–Kier alpha value is -1.02. The minimum Gasteiger partial charge on any atom is -0.469 e. The molecule has 0 heterocycles. The van der Waals surface area contributed by atoms with Crippen LogP contribution in [0.1, 0.15) is 31.7 Å². The molecule has 0 aromatic heterocycles. The summed E-state index contributed by atoms with van der Waals surface area (Å²) in [5.41, 5.74) is 1.14. The Kier molecular flexibility index (Phi) is 12.7. The van der Waals surface area contributed by atoms with Crippen LogP contribution in [0.25, 0.3) is 0 Å². The number of methoxy groups -OCH3 is 1. The lowest BCUT2D eigenvalue weighted by Crippen LogP contribution is -2.38. The number of carbonyl (C=O) groups excluding carboxylic acids is 1. The van der Waals surface area contributed by atoms with Crippen molar-refractivity contribution in [1.29, 1.82) is 0 Å². The number of rotatable bonds is 8. The molecule has 0 atom stereocenters. The number of benzene rings is 1. The van der Waals surface area contributed by atoms with Crippen LogP contribution in [0.5, 0.6) is 0 Å². The van der Waals surface area contributed by atoms with E-state index in [1.807, 2.05) is 38.2 Å². The SMILES string of the molecule is CCNC(=NCCCCC(=O)OC)N(C)Cc1cccc(Cl)c1.I. The highest BCUT2D eigenvalue weighted by Crippen LogP contribution is 2.12. The third kappa shape index (κ3) is 9.32. The highest BCUT2D eigenvalue weighted by molar-refractivity contribution is 14.0. The van der Waals surface area contributed by atoms with E-state index < -0.39 is 0 Å². The molecule has 1 aromatic carbocycles. The fourth-order valence-corrected chi connectivity index (χ4v) is 2.33. The first-order valence-corrected chi connectivity index (χ1v) is 8.25. The van der Waals surface area contributed by atoms with Crippen LogP contribution < -0.4 is 5.32 Å². The van der Waals surface area contributed by atoms with Gasteiger partial charge >= 0.3 is 5.97 Å². The van der Waals surface area contributed by atoms with Crippen molar-refractivity contribution in [3.63, 3.8) is 0 Å². The summed E-state index contributed by atoms with van der Waals surface area (Å²) in [7, 11) is 3.41. The van der Waals surface area contributed by atoms with Crippen LogP contribution >= 0.6 is 35.6 Å². The van der Waals surface area contributed by atoms with Gasteiger partial charge in [0.25, 0.3) is 0 Å². The van der Waals surface area contributed by atoms with E-state index >= 15 is 0 Å². The predicted molar refractivity (Wildman–Crippen MR) is 110 cm³/mol. The van der Waals surface area contributed by atoms with Gasteiger partial charge in [-0.15, -0.1) is 24.0 Å². The third-order valence-electron chi connectivity index (χ3n) is 3.28. The summed E-state index contributed by atoms with van der Waals surface area (Å²) in [5, 5.41) is 4.02. The van der Waals surface area contributed by atoms with Crippen LogP contribution in [0.2, 0.25) is 5.02 Å². The van der Waals surface area contributed by atoms with Crippen molar-refractivity contribution in [2.45, 2.75) is 32.7 Å². The smallest absolute Gasteiger partial charge is 0.305 e. The van der Waals surface area contributed by atoms with E-state index in [0.29, 0.717) is 13.0 Å². The van der Waals surface area contributed by atoms with Gasteiger partial charge < -0.3 is 15.0 Å². The maximum atomic E-state index is 11.1. The quantitative estimate of drug-likeness (QED) is 0.208. The molecule has 0 unspecified atom stereocenters. The zero-order chi connectivity index (χ0) is 17.1. The fourth-order valence-electron chi connectivity index (χ4n) is 2.12. The summed E-state index contributed by atoms with van der Waals surface area (Å²) in [5.74, 6) is 0.685. The molecule has 0 aliphatic carbocycles. The van der Waals surface area contributed by atoms with Crippen molar-refractivity contribution < 1.29 is 9.53 Å². The lowest BCUT2D eigenvalue weighted by Gasteiger charge is -2.22. The van der Waals surface area contributed by atoms with E-state index in [1.54, 1.807) is 0 Å². The number of hydrogen-bond donors (Lipinski definition) is 1. The number of nitrogens with zero attached hydrogens (tertiary/aromatic N) is 2. The Bertz CT molecular complexity index is 526. The third-order valence-corrected chi connectivity index (χ3v) is 3.52. The van der Waals surface area contributed by atoms with Gasteiger partial charge in [0.15, 0.2) is 5.96 Å². The lowest BCUT2D eigenvalue weighted by atomic mass is 10.2. The van der Waals surface area contributed by atoms with Gasteiger partial charge in [-0.3, -0.25) is 9.79 Å². The summed E-state index contributed by atoms with van der Waals surface area (Å²) in [6.45, 7) is 4.26. The number of esters is 1. The minimum atomic E-state index is -0.168. The van der Waals surface area contributed by atoms with Crippen LogP contribution in [0, 0.1) is 0 Å². The molecule has 0 spiro atoms. The maximum Gasteiger partial charge on any atom is 0.305 e. The average molecular weight is 468 g/mol. The Morgan fingerprint density at radius 3 is 2.75 bits per heavy atom. The van der Waals surface area contributed by atoms with Crippen molar-refractivity contribution in [1.82, 2.24) is 10.2 Å². The second kappa shape index (κ2) is 13.3. The van der Waals surface area contributed by atoms with E-state index in [-0.39, 0.29) is 29.9 Å². The molecule has 0 aliphatic heterocycles. The van der Waals surface area contributed by atoms with Crippen LogP contribution in [0.3, 0.4) is 0 Å². The van der Waals surface area contributed by atoms with Crippen LogP contribution in [0.15, 0.2) is 29.3 Å². The van der Waals surface area contributed by atoms with Gasteiger partial charge in [0.1, 0.15) is 0 Å². The first-order valence-electron chi connectivity index (χ1n) is 7.87. The van der Waals surface area contributed by atoms with Crippen LogP contribution in [-0.2, 0) is 16.1 Å². The number of hydrogen-bond acceptors (Lipinski definition) is 3. The Morgan fingerprint density at radius 1 is 1.38 bits per heavy atom. The summed E-state index contributed by atoms with van der Waals surface area (Å²) >= 11 is 6.02. The van der Waals surface area contributed by atoms with Crippen molar-refractivity contribution in [2.75, 3.05) is 27.2 Å². The maximum absolute atomic E-state index is 11.1. The number of ether oxygens (including phenoxy) is 1.